The van der Waals surface area contributed by atoms with E-state index in [1.165, 1.54) is 17.4 Å². The smallest absolute Gasteiger partial charge is 0.408 e. The molecule has 1 saturated heterocycles. The molecule has 1 amide bonds. The van der Waals surface area contributed by atoms with Gasteiger partial charge < -0.3 is 9.73 Å². The third-order valence-electron chi connectivity index (χ3n) is 4.49. The number of hydrogen-bond donors (Lipinski definition) is 1. The Morgan fingerprint density at radius 3 is 2.83 bits per heavy atom. The SMILES string of the molecule is C[C@@H](CNC(=O)CCn1c(=O)oc2ccccc21)N1CCCC1. The van der Waals surface area contributed by atoms with Crippen molar-refractivity contribution < 1.29 is 9.21 Å². The lowest BCUT2D eigenvalue weighted by atomic mass is 10.3. The Labute approximate surface area is 135 Å². The summed E-state index contributed by atoms with van der Waals surface area (Å²) in [6, 6.07) is 7.62. The van der Waals surface area contributed by atoms with Gasteiger partial charge in [-0.2, -0.15) is 0 Å². The molecular formula is C17H23N3O3. The molecule has 1 aliphatic rings. The minimum atomic E-state index is -0.413. The van der Waals surface area contributed by atoms with E-state index in [1.807, 2.05) is 18.2 Å². The maximum atomic E-state index is 12.0. The standard InChI is InChI=1S/C17H23N3O3/c1-13(19-9-4-5-10-19)12-18-16(21)8-11-20-14-6-2-3-7-15(14)23-17(20)22/h2-3,6-7,13H,4-5,8-12H2,1H3,(H,18,21)/t13-/m0/s1. The Balaban J connectivity index is 1.52. The molecule has 23 heavy (non-hydrogen) atoms. The van der Waals surface area contributed by atoms with E-state index in [-0.39, 0.29) is 12.3 Å². The molecule has 0 spiro atoms. The molecule has 3 rings (SSSR count). The second kappa shape index (κ2) is 7.00. The average molecular weight is 317 g/mol. The van der Waals surface area contributed by atoms with Gasteiger partial charge in [0.15, 0.2) is 5.58 Å². The number of oxazole rings is 1. The largest absolute Gasteiger partial charge is 0.419 e. The Kier molecular flexibility index (Phi) is 4.81. The first kappa shape index (κ1) is 15.8. The van der Waals surface area contributed by atoms with Crippen LogP contribution in [0.2, 0.25) is 0 Å². The number of rotatable bonds is 6. The molecule has 0 bridgehead atoms. The van der Waals surface area contributed by atoms with E-state index in [0.29, 0.717) is 24.7 Å². The number of fused-ring (bicyclic) bond motifs is 1. The number of aryl methyl sites for hydroxylation is 1. The van der Waals surface area contributed by atoms with Crippen molar-refractivity contribution >= 4 is 17.0 Å². The number of nitrogens with one attached hydrogen (secondary N) is 1. The molecule has 2 heterocycles. The van der Waals surface area contributed by atoms with Gasteiger partial charge in [0, 0.05) is 25.6 Å². The topological polar surface area (TPSA) is 67.5 Å². The fraction of sp³-hybridized carbons (Fsp3) is 0.529. The van der Waals surface area contributed by atoms with Crippen LogP contribution in [-0.4, -0.2) is 41.1 Å². The summed E-state index contributed by atoms with van der Waals surface area (Å²) < 4.78 is 6.68. The van der Waals surface area contributed by atoms with Crippen LogP contribution < -0.4 is 11.1 Å². The molecule has 1 atom stereocenters. The number of carbonyl (C=O) groups excluding carboxylic acids is 1. The number of benzene rings is 1. The second-order valence-electron chi connectivity index (χ2n) is 6.13. The van der Waals surface area contributed by atoms with Crippen LogP contribution in [-0.2, 0) is 11.3 Å². The van der Waals surface area contributed by atoms with Gasteiger partial charge in [-0.25, -0.2) is 4.79 Å². The summed E-state index contributed by atoms with van der Waals surface area (Å²) in [4.78, 5) is 26.3. The monoisotopic (exact) mass is 317 g/mol. The Morgan fingerprint density at radius 1 is 1.30 bits per heavy atom. The van der Waals surface area contributed by atoms with E-state index in [2.05, 4.69) is 17.1 Å². The molecular weight excluding hydrogens is 294 g/mol. The summed E-state index contributed by atoms with van der Waals surface area (Å²) in [5, 5.41) is 2.96. The molecule has 1 aliphatic heterocycles. The average Bonchev–Trinajstić information content (AvgIpc) is 3.18. The van der Waals surface area contributed by atoms with Gasteiger partial charge in [-0.1, -0.05) is 12.1 Å². The van der Waals surface area contributed by atoms with Gasteiger partial charge in [0.25, 0.3) is 0 Å². The van der Waals surface area contributed by atoms with Crippen molar-refractivity contribution in [2.24, 2.45) is 0 Å². The summed E-state index contributed by atoms with van der Waals surface area (Å²) in [7, 11) is 0. The van der Waals surface area contributed by atoms with Crippen molar-refractivity contribution in [1.29, 1.82) is 0 Å². The number of aromatic nitrogens is 1. The maximum Gasteiger partial charge on any atom is 0.419 e. The van der Waals surface area contributed by atoms with E-state index < -0.39 is 5.76 Å². The van der Waals surface area contributed by atoms with E-state index in [1.54, 1.807) is 6.07 Å². The van der Waals surface area contributed by atoms with Crippen LogP contribution in [0.4, 0.5) is 0 Å². The second-order valence-corrected chi connectivity index (χ2v) is 6.13. The van der Waals surface area contributed by atoms with Crippen molar-refractivity contribution in [2.75, 3.05) is 19.6 Å². The van der Waals surface area contributed by atoms with Crippen LogP contribution >= 0.6 is 0 Å². The van der Waals surface area contributed by atoms with Crippen LogP contribution in [0.5, 0.6) is 0 Å². The molecule has 124 valence electrons. The predicted octanol–water partition coefficient (Wildman–Crippen LogP) is 1.59. The lowest BCUT2D eigenvalue weighted by Crippen LogP contribution is -2.40. The molecule has 6 heteroatoms. The minimum Gasteiger partial charge on any atom is -0.408 e. The van der Waals surface area contributed by atoms with Gasteiger partial charge in [0.05, 0.1) is 5.52 Å². The lowest BCUT2D eigenvalue weighted by Gasteiger charge is -2.23. The summed E-state index contributed by atoms with van der Waals surface area (Å²) in [5.74, 6) is -0.447. The van der Waals surface area contributed by atoms with Gasteiger partial charge in [-0.3, -0.25) is 14.3 Å². The highest BCUT2D eigenvalue weighted by molar-refractivity contribution is 5.76. The van der Waals surface area contributed by atoms with Crippen LogP contribution in [0.1, 0.15) is 26.2 Å². The number of likely N-dealkylation sites (tertiary alicyclic amines) is 1. The molecule has 1 N–H and O–H groups in total. The Bertz CT molecular complexity index is 728. The predicted molar refractivity (Wildman–Crippen MR) is 88.4 cm³/mol. The third kappa shape index (κ3) is 3.64. The van der Waals surface area contributed by atoms with Gasteiger partial charge in [-0.05, 0) is 45.0 Å². The summed E-state index contributed by atoms with van der Waals surface area (Å²) in [5.41, 5.74) is 1.29. The van der Waals surface area contributed by atoms with Gasteiger partial charge in [0.2, 0.25) is 5.91 Å². The highest BCUT2D eigenvalue weighted by atomic mass is 16.4. The van der Waals surface area contributed by atoms with Crippen molar-refractivity contribution in [2.45, 2.75) is 38.8 Å². The Morgan fingerprint density at radius 2 is 2.04 bits per heavy atom. The molecule has 0 radical (unpaired) electrons. The van der Waals surface area contributed by atoms with Crippen LogP contribution in [0, 0.1) is 0 Å². The zero-order chi connectivity index (χ0) is 16.2. The fourth-order valence-electron chi connectivity index (χ4n) is 3.10. The van der Waals surface area contributed by atoms with E-state index in [4.69, 9.17) is 4.42 Å². The number of hydrogen-bond acceptors (Lipinski definition) is 4. The first-order valence-electron chi connectivity index (χ1n) is 8.24. The molecule has 0 unspecified atom stereocenters. The Hall–Kier alpha value is -2.08. The van der Waals surface area contributed by atoms with Gasteiger partial charge in [-0.15, -0.1) is 0 Å². The third-order valence-corrected chi connectivity index (χ3v) is 4.49. The van der Waals surface area contributed by atoms with Crippen LogP contribution in [0.15, 0.2) is 33.5 Å². The van der Waals surface area contributed by atoms with E-state index in [0.717, 1.165) is 18.6 Å². The zero-order valence-corrected chi connectivity index (χ0v) is 13.5. The highest BCUT2D eigenvalue weighted by Crippen LogP contribution is 2.12. The maximum absolute atomic E-state index is 12.0. The van der Waals surface area contributed by atoms with Crippen molar-refractivity contribution in [3.05, 3.63) is 34.8 Å². The van der Waals surface area contributed by atoms with Gasteiger partial charge >= 0.3 is 5.76 Å². The van der Waals surface area contributed by atoms with Crippen molar-refractivity contribution in [3.63, 3.8) is 0 Å². The highest BCUT2D eigenvalue weighted by Gasteiger charge is 2.18. The molecule has 1 aromatic heterocycles. The summed E-state index contributed by atoms with van der Waals surface area (Å²) >= 11 is 0. The molecule has 1 aromatic carbocycles. The molecule has 6 nitrogen and oxygen atoms in total. The minimum absolute atomic E-state index is 0.0340. The quantitative estimate of drug-likeness (QED) is 0.878. The van der Waals surface area contributed by atoms with Crippen molar-refractivity contribution in [1.82, 2.24) is 14.8 Å². The van der Waals surface area contributed by atoms with Gasteiger partial charge in [0.1, 0.15) is 0 Å². The first-order valence-corrected chi connectivity index (χ1v) is 8.24. The number of amides is 1. The zero-order valence-electron chi connectivity index (χ0n) is 13.5. The number of carbonyl (C=O) groups is 1. The summed E-state index contributed by atoms with van der Waals surface area (Å²) in [6.07, 6.45) is 2.76. The molecule has 0 aliphatic carbocycles. The first-order chi connectivity index (χ1) is 11.1. The molecule has 2 aromatic rings. The number of nitrogens with zero attached hydrogens (tertiary/aromatic N) is 2. The molecule has 1 fully saturated rings. The molecule has 0 saturated carbocycles. The van der Waals surface area contributed by atoms with Crippen molar-refractivity contribution in [3.8, 4) is 0 Å². The van der Waals surface area contributed by atoms with E-state index >= 15 is 0 Å². The lowest BCUT2D eigenvalue weighted by molar-refractivity contribution is -0.121. The van der Waals surface area contributed by atoms with E-state index in [9.17, 15) is 9.59 Å². The van der Waals surface area contributed by atoms with Crippen LogP contribution in [0.3, 0.4) is 0 Å². The number of para-hydroxylation sites is 2. The van der Waals surface area contributed by atoms with Crippen LogP contribution in [0.25, 0.3) is 11.1 Å². The summed E-state index contributed by atoms with van der Waals surface area (Å²) in [6.45, 7) is 5.36. The normalized spacial score (nSPS) is 16.7. The fourth-order valence-corrected chi connectivity index (χ4v) is 3.10.